The van der Waals surface area contributed by atoms with Gasteiger partial charge < -0.3 is 35.1 Å². The zero-order valence-corrected chi connectivity index (χ0v) is 38.6. The summed E-state index contributed by atoms with van der Waals surface area (Å²) in [5, 5.41) is 27.4. The molecule has 2 saturated heterocycles. The van der Waals surface area contributed by atoms with E-state index in [0.717, 1.165) is 30.6 Å². The Kier molecular flexibility index (Phi) is 14.2. The van der Waals surface area contributed by atoms with E-state index in [0.29, 0.717) is 35.1 Å². The molecule has 4 N–H and O–H groups in total. The Hall–Kier alpha value is -6.79. The number of fused-ring (bicyclic) bond motifs is 3. The van der Waals surface area contributed by atoms with Crippen LogP contribution in [0.3, 0.4) is 0 Å². The molecule has 3 heterocycles. The lowest BCUT2D eigenvalue weighted by atomic mass is 9.65. The molecule has 0 radical (unpaired) electrons. The molecule has 1 saturated carbocycles. The van der Waals surface area contributed by atoms with Crippen LogP contribution in [0.15, 0.2) is 116 Å². The molecule has 1 aliphatic carbocycles. The van der Waals surface area contributed by atoms with Crippen LogP contribution in [0.5, 0.6) is 5.75 Å². The van der Waals surface area contributed by atoms with E-state index in [1.807, 2.05) is 65.6 Å². The third kappa shape index (κ3) is 8.66. The minimum absolute atomic E-state index is 0.0344. The van der Waals surface area contributed by atoms with E-state index in [9.17, 15) is 15.0 Å². The van der Waals surface area contributed by atoms with Crippen molar-refractivity contribution in [3.63, 3.8) is 0 Å². The molecule has 4 aliphatic rings. The topological polar surface area (TPSA) is 184 Å². The molecule has 0 bridgehead atoms. The van der Waals surface area contributed by atoms with Crippen molar-refractivity contribution in [1.29, 1.82) is 0 Å². The van der Waals surface area contributed by atoms with Crippen LogP contribution < -0.4 is 20.3 Å². The number of urea groups is 1. The number of aliphatic hydroxyl groups is 2. The molecule has 68 heavy (non-hydrogen) atoms. The Morgan fingerprint density at radius 2 is 1.57 bits per heavy atom. The number of aliphatic hydroxyl groups excluding tert-OH is 1. The molecule has 14 heteroatoms. The molecule has 4 aromatic rings. The normalized spacial score (nSPS) is 24.4. The fourth-order valence-corrected chi connectivity index (χ4v) is 10.7. The van der Waals surface area contributed by atoms with Gasteiger partial charge in [0, 0.05) is 17.7 Å². The summed E-state index contributed by atoms with van der Waals surface area (Å²) >= 11 is 0. The highest BCUT2D eigenvalue weighted by Crippen LogP contribution is 2.66. The SMILES string of the molecule is C=CCNC(=O)[C@H]1[C@@H]2C(=O)O[C@@H](c3ccccc3)[C@@H](c3ccccc3)N2[C@@H](c2ccccc2OCCO)[C@]12C(=O)N(C(=O)N[C@H](C(=O)OC)C(C)C)c1ccc(C#CC3(O)CCCCCC3)cc12. The monoisotopic (exact) mass is 922 g/mol. The molecule has 3 fully saturated rings. The molecule has 0 unspecified atom stereocenters. The lowest BCUT2D eigenvalue weighted by Gasteiger charge is -2.46. The van der Waals surface area contributed by atoms with Crippen LogP contribution in [0.25, 0.3) is 0 Å². The quantitative estimate of drug-likeness (QED) is 0.0536. The van der Waals surface area contributed by atoms with Crippen molar-refractivity contribution in [1.82, 2.24) is 15.5 Å². The number of amides is 4. The van der Waals surface area contributed by atoms with E-state index in [4.69, 9.17) is 14.2 Å². The van der Waals surface area contributed by atoms with Gasteiger partial charge in [-0.2, -0.15) is 0 Å². The van der Waals surface area contributed by atoms with Crippen molar-refractivity contribution >= 4 is 35.5 Å². The number of methoxy groups -OCH3 is 1. The zero-order chi connectivity index (χ0) is 48.2. The Morgan fingerprint density at radius 3 is 2.22 bits per heavy atom. The Labute approximate surface area is 396 Å². The molecular weight excluding hydrogens is 865 g/mol. The number of morpholine rings is 1. The van der Waals surface area contributed by atoms with E-state index < -0.39 is 82.9 Å². The summed E-state index contributed by atoms with van der Waals surface area (Å²) in [6.07, 6.45) is 5.06. The van der Waals surface area contributed by atoms with Gasteiger partial charge in [-0.1, -0.05) is 123 Å². The van der Waals surface area contributed by atoms with Gasteiger partial charge in [-0.15, -0.1) is 6.58 Å². The number of nitrogens with zero attached hydrogens (tertiary/aromatic N) is 2. The number of anilines is 1. The number of hydrogen-bond donors (Lipinski definition) is 4. The molecular formula is C54H58N4O10. The van der Waals surface area contributed by atoms with Gasteiger partial charge in [-0.05, 0) is 72.6 Å². The lowest BCUT2D eigenvalue weighted by molar-refractivity contribution is -0.178. The van der Waals surface area contributed by atoms with Crippen molar-refractivity contribution in [2.45, 2.75) is 93.7 Å². The van der Waals surface area contributed by atoms with Crippen molar-refractivity contribution < 1.29 is 48.4 Å². The fraction of sp³-hybridized carbons (Fsp3) is 0.389. The van der Waals surface area contributed by atoms with Crippen LogP contribution in [0, 0.1) is 23.7 Å². The summed E-state index contributed by atoms with van der Waals surface area (Å²) in [7, 11) is 1.20. The average Bonchev–Trinajstić information content (AvgIpc) is 3.69. The first kappa shape index (κ1) is 47.7. The van der Waals surface area contributed by atoms with Gasteiger partial charge in [-0.3, -0.25) is 19.3 Å². The zero-order valence-electron chi connectivity index (χ0n) is 38.6. The smallest absolute Gasteiger partial charge is 0.329 e. The van der Waals surface area contributed by atoms with Gasteiger partial charge >= 0.3 is 18.0 Å². The van der Waals surface area contributed by atoms with Gasteiger partial charge in [0.25, 0.3) is 0 Å². The third-order valence-corrected chi connectivity index (χ3v) is 13.7. The largest absolute Gasteiger partial charge is 0.491 e. The van der Waals surface area contributed by atoms with Crippen LogP contribution in [0.2, 0.25) is 0 Å². The number of imide groups is 1. The van der Waals surface area contributed by atoms with Gasteiger partial charge in [-0.25, -0.2) is 14.5 Å². The molecule has 8 rings (SSSR count). The maximum Gasteiger partial charge on any atom is 0.329 e. The van der Waals surface area contributed by atoms with Crippen LogP contribution in [-0.2, 0) is 34.1 Å². The van der Waals surface area contributed by atoms with Crippen LogP contribution in [0.4, 0.5) is 10.5 Å². The predicted molar refractivity (Wildman–Crippen MR) is 253 cm³/mol. The Morgan fingerprint density at radius 1 is 0.912 bits per heavy atom. The first-order chi connectivity index (χ1) is 32.9. The first-order valence-electron chi connectivity index (χ1n) is 23.3. The van der Waals surface area contributed by atoms with Gasteiger partial charge in [0.1, 0.15) is 41.6 Å². The van der Waals surface area contributed by atoms with E-state index in [1.54, 1.807) is 56.3 Å². The van der Waals surface area contributed by atoms with Gasteiger partial charge in [0.15, 0.2) is 0 Å². The van der Waals surface area contributed by atoms with Crippen LogP contribution in [-0.4, -0.2) is 89.5 Å². The number of benzene rings is 4. The second-order valence-electron chi connectivity index (χ2n) is 18.2. The molecule has 354 valence electrons. The highest BCUT2D eigenvalue weighted by Gasteiger charge is 2.76. The van der Waals surface area contributed by atoms with Crippen molar-refractivity contribution in [2.75, 3.05) is 31.8 Å². The summed E-state index contributed by atoms with van der Waals surface area (Å²) in [6.45, 7) is 6.75. The predicted octanol–water partition coefficient (Wildman–Crippen LogP) is 6.37. The number of carbonyl (C=O) groups is 5. The first-order valence-corrected chi connectivity index (χ1v) is 23.3. The molecule has 7 atom stereocenters. The molecule has 14 nitrogen and oxygen atoms in total. The molecule has 4 aromatic carbocycles. The highest BCUT2D eigenvalue weighted by atomic mass is 16.6. The summed E-state index contributed by atoms with van der Waals surface area (Å²) in [5.41, 5.74) is -1.02. The van der Waals surface area contributed by atoms with Gasteiger partial charge in [0.2, 0.25) is 11.8 Å². The minimum Gasteiger partial charge on any atom is -0.491 e. The minimum atomic E-state index is -2.16. The van der Waals surface area contributed by atoms with E-state index >= 15 is 19.2 Å². The fourth-order valence-electron chi connectivity index (χ4n) is 10.7. The summed E-state index contributed by atoms with van der Waals surface area (Å²) in [4.78, 5) is 78.4. The second kappa shape index (κ2) is 20.2. The van der Waals surface area contributed by atoms with E-state index in [2.05, 4.69) is 29.1 Å². The second-order valence-corrected chi connectivity index (χ2v) is 18.2. The summed E-state index contributed by atoms with van der Waals surface area (Å²) < 4.78 is 17.9. The number of para-hydroxylation sites is 1. The molecule has 3 aliphatic heterocycles. The number of esters is 2. The van der Waals surface area contributed by atoms with E-state index in [-0.39, 0.29) is 36.8 Å². The highest BCUT2D eigenvalue weighted by molar-refractivity contribution is 6.25. The third-order valence-electron chi connectivity index (χ3n) is 13.7. The van der Waals surface area contributed by atoms with Crippen molar-refractivity contribution in [2.24, 2.45) is 11.8 Å². The number of nitrogens with one attached hydrogen (secondary N) is 2. The lowest BCUT2D eigenvalue weighted by Crippen LogP contribution is -2.57. The number of carbonyl (C=O) groups excluding carboxylic acids is 5. The molecule has 4 amide bonds. The standard InChI is InChI=1S/C54H58N4O10/c1-5-30-55-48(60)42-45-50(62)68-46(37-20-12-9-13-21-37)44(36-18-10-8-11-19-36)58(45)47(38-22-14-15-23-41(38)67-32-31-59)54(42)39-33-35(26-29-53(65)27-16-6-7-17-28-53)24-25-40(39)57(51(54)63)52(64)56-43(34(2)3)49(61)66-4/h5,8-15,18-25,33-34,42-47,59,65H,1,6-7,16-17,27-28,30-32H2,2-4H3,(H,55,60)(H,56,64)/t42-,43+,44-,45-,46+,47+,54-/m1/s1. The van der Waals surface area contributed by atoms with Crippen LogP contribution in [0.1, 0.15) is 98.4 Å². The molecule has 1 spiro atoms. The number of hydrogen-bond acceptors (Lipinski definition) is 11. The maximum atomic E-state index is 16.6. The van der Waals surface area contributed by atoms with Crippen LogP contribution >= 0.6 is 0 Å². The average molecular weight is 923 g/mol. The number of ether oxygens (including phenoxy) is 3. The maximum absolute atomic E-state index is 16.6. The number of cyclic esters (lactones) is 1. The van der Waals surface area contributed by atoms with Crippen molar-refractivity contribution in [3.8, 4) is 17.6 Å². The molecule has 0 aromatic heterocycles. The Bertz CT molecular complexity index is 2600. The van der Waals surface area contributed by atoms with E-state index in [1.165, 1.54) is 13.2 Å². The summed E-state index contributed by atoms with van der Waals surface area (Å²) in [6, 6.07) is 24.7. The number of rotatable bonds is 12. The summed E-state index contributed by atoms with van der Waals surface area (Å²) in [5.74, 6) is 1.43. The Balaban J connectivity index is 1.47. The van der Waals surface area contributed by atoms with Crippen molar-refractivity contribution in [3.05, 3.63) is 144 Å². The van der Waals surface area contributed by atoms with Gasteiger partial charge in [0.05, 0.1) is 37.4 Å².